The maximum atomic E-state index is 13.2. The summed E-state index contributed by atoms with van der Waals surface area (Å²) in [5.74, 6) is -1.09. The standard InChI is InChI=1S/C26H22F3N5O/c27-26(28,29)19-7-3-5-17(15-19)22-10-9-21(23(24(30)35)18-6-4-12-31-16-18)25(34-22)33-14-11-20-8-1-2-13-32-20/h1-10,12-13,15-16,23H,11,14H2,(H2,30,35)(H,33,34). The molecule has 4 aromatic rings. The number of amides is 1. The van der Waals surface area contributed by atoms with E-state index in [1.165, 1.54) is 6.07 Å². The predicted molar refractivity (Wildman–Crippen MR) is 126 cm³/mol. The average Bonchev–Trinajstić information content (AvgIpc) is 2.86. The molecule has 0 fully saturated rings. The SMILES string of the molecule is NC(=O)C(c1cccnc1)c1ccc(-c2cccc(C(F)(F)F)c2)nc1NCCc1ccccn1. The topological polar surface area (TPSA) is 93.8 Å². The van der Waals surface area contributed by atoms with E-state index in [9.17, 15) is 18.0 Å². The zero-order valence-corrected chi connectivity index (χ0v) is 18.5. The molecule has 0 aliphatic rings. The highest BCUT2D eigenvalue weighted by atomic mass is 19.4. The number of primary amides is 1. The second kappa shape index (κ2) is 10.3. The van der Waals surface area contributed by atoms with Gasteiger partial charge in [0, 0.05) is 48.4 Å². The van der Waals surface area contributed by atoms with E-state index in [-0.39, 0.29) is 0 Å². The summed E-state index contributed by atoms with van der Waals surface area (Å²) in [6, 6.07) is 17.2. The van der Waals surface area contributed by atoms with Crippen molar-refractivity contribution in [2.45, 2.75) is 18.5 Å². The van der Waals surface area contributed by atoms with Crippen molar-refractivity contribution >= 4 is 11.7 Å². The Kier molecular flexibility index (Phi) is 7.05. The van der Waals surface area contributed by atoms with Crippen LogP contribution in [0.5, 0.6) is 0 Å². The van der Waals surface area contributed by atoms with Gasteiger partial charge in [0.2, 0.25) is 5.91 Å². The normalized spacial score (nSPS) is 12.2. The van der Waals surface area contributed by atoms with Gasteiger partial charge in [-0.1, -0.05) is 30.3 Å². The van der Waals surface area contributed by atoms with E-state index in [0.29, 0.717) is 41.2 Å². The average molecular weight is 477 g/mol. The molecule has 0 bridgehead atoms. The third-order valence-corrected chi connectivity index (χ3v) is 5.43. The molecule has 0 saturated carbocycles. The maximum Gasteiger partial charge on any atom is 0.416 e. The van der Waals surface area contributed by atoms with Crippen LogP contribution in [0.2, 0.25) is 0 Å². The summed E-state index contributed by atoms with van der Waals surface area (Å²) in [4.78, 5) is 25.4. The minimum absolute atomic E-state index is 0.302. The number of carbonyl (C=O) groups excluding carboxylic acids is 1. The van der Waals surface area contributed by atoms with E-state index in [1.54, 1.807) is 48.9 Å². The number of hydrogen-bond donors (Lipinski definition) is 2. The Labute approximate surface area is 200 Å². The number of aromatic nitrogens is 3. The van der Waals surface area contributed by atoms with Crippen LogP contribution in [0, 0.1) is 0 Å². The van der Waals surface area contributed by atoms with Crippen LogP contribution in [0.15, 0.2) is 85.3 Å². The molecular formula is C26H22F3N5O. The summed E-state index contributed by atoms with van der Waals surface area (Å²) >= 11 is 0. The van der Waals surface area contributed by atoms with Gasteiger partial charge >= 0.3 is 6.18 Å². The van der Waals surface area contributed by atoms with Crippen LogP contribution in [-0.4, -0.2) is 27.4 Å². The van der Waals surface area contributed by atoms with Crippen LogP contribution in [0.4, 0.5) is 19.0 Å². The predicted octanol–water partition coefficient (Wildman–Crippen LogP) is 4.83. The minimum atomic E-state index is -4.48. The molecular weight excluding hydrogens is 455 g/mol. The molecule has 6 nitrogen and oxygen atoms in total. The van der Waals surface area contributed by atoms with Gasteiger partial charge in [-0.25, -0.2) is 4.98 Å². The monoisotopic (exact) mass is 477 g/mol. The molecule has 9 heteroatoms. The number of anilines is 1. The number of halogens is 3. The number of benzene rings is 1. The minimum Gasteiger partial charge on any atom is -0.369 e. The number of pyridine rings is 3. The Morgan fingerprint density at radius 1 is 1.00 bits per heavy atom. The van der Waals surface area contributed by atoms with Crippen molar-refractivity contribution in [3.63, 3.8) is 0 Å². The Balaban J connectivity index is 1.73. The lowest BCUT2D eigenvalue weighted by Gasteiger charge is -2.19. The first-order valence-electron chi connectivity index (χ1n) is 10.8. The lowest BCUT2D eigenvalue weighted by molar-refractivity contribution is -0.137. The van der Waals surface area contributed by atoms with Crippen molar-refractivity contribution in [2.75, 3.05) is 11.9 Å². The summed E-state index contributed by atoms with van der Waals surface area (Å²) in [5, 5.41) is 3.22. The lowest BCUT2D eigenvalue weighted by atomic mass is 9.91. The van der Waals surface area contributed by atoms with Crippen LogP contribution >= 0.6 is 0 Å². The maximum absolute atomic E-state index is 13.2. The molecule has 0 aliphatic carbocycles. The third kappa shape index (κ3) is 5.81. The van der Waals surface area contributed by atoms with Crippen LogP contribution < -0.4 is 11.1 Å². The van der Waals surface area contributed by atoms with Crippen molar-refractivity contribution in [3.05, 3.63) is 108 Å². The van der Waals surface area contributed by atoms with E-state index < -0.39 is 23.6 Å². The Morgan fingerprint density at radius 2 is 1.86 bits per heavy atom. The van der Waals surface area contributed by atoms with Gasteiger partial charge in [0.05, 0.1) is 17.2 Å². The quantitative estimate of drug-likeness (QED) is 0.379. The molecule has 35 heavy (non-hydrogen) atoms. The van der Waals surface area contributed by atoms with Gasteiger partial charge < -0.3 is 11.1 Å². The molecule has 178 valence electrons. The fourth-order valence-corrected chi connectivity index (χ4v) is 3.76. The number of hydrogen-bond acceptors (Lipinski definition) is 5. The summed E-state index contributed by atoms with van der Waals surface area (Å²) in [6.07, 6.45) is 0.927. The highest BCUT2D eigenvalue weighted by molar-refractivity contribution is 5.87. The Morgan fingerprint density at radius 3 is 2.54 bits per heavy atom. The highest BCUT2D eigenvalue weighted by Crippen LogP contribution is 2.34. The molecule has 3 heterocycles. The molecule has 0 spiro atoms. The van der Waals surface area contributed by atoms with Crippen molar-refractivity contribution in [1.82, 2.24) is 15.0 Å². The molecule has 0 radical (unpaired) electrons. The molecule has 0 saturated heterocycles. The van der Waals surface area contributed by atoms with Crippen LogP contribution in [0.25, 0.3) is 11.3 Å². The van der Waals surface area contributed by atoms with Crippen LogP contribution in [-0.2, 0) is 17.4 Å². The number of nitrogens with two attached hydrogens (primary N) is 1. The molecule has 3 N–H and O–H groups in total. The first-order chi connectivity index (χ1) is 16.8. The van der Waals surface area contributed by atoms with E-state index in [2.05, 4.69) is 20.3 Å². The van der Waals surface area contributed by atoms with E-state index in [0.717, 1.165) is 17.8 Å². The number of rotatable bonds is 8. The van der Waals surface area contributed by atoms with Crippen molar-refractivity contribution < 1.29 is 18.0 Å². The molecule has 1 atom stereocenters. The molecule has 4 rings (SSSR count). The third-order valence-electron chi connectivity index (χ3n) is 5.43. The summed E-state index contributed by atoms with van der Waals surface area (Å²) in [7, 11) is 0. The zero-order valence-electron chi connectivity index (χ0n) is 18.5. The van der Waals surface area contributed by atoms with Gasteiger partial charge in [0.1, 0.15) is 5.82 Å². The van der Waals surface area contributed by atoms with E-state index in [4.69, 9.17) is 5.73 Å². The summed E-state index contributed by atoms with van der Waals surface area (Å²) < 4.78 is 39.7. The van der Waals surface area contributed by atoms with E-state index >= 15 is 0 Å². The number of alkyl halides is 3. The number of carbonyl (C=O) groups is 1. The molecule has 0 aliphatic heterocycles. The zero-order chi connectivity index (χ0) is 24.8. The second-order valence-electron chi connectivity index (χ2n) is 7.83. The molecule has 3 aromatic heterocycles. The second-order valence-corrected chi connectivity index (χ2v) is 7.83. The highest BCUT2D eigenvalue weighted by Gasteiger charge is 2.31. The fourth-order valence-electron chi connectivity index (χ4n) is 3.76. The van der Waals surface area contributed by atoms with Crippen molar-refractivity contribution in [3.8, 4) is 11.3 Å². The first kappa shape index (κ1) is 23.9. The van der Waals surface area contributed by atoms with Gasteiger partial charge in [-0.2, -0.15) is 13.2 Å². The van der Waals surface area contributed by atoms with Crippen LogP contribution in [0.3, 0.4) is 0 Å². The Bertz CT molecular complexity index is 1300. The largest absolute Gasteiger partial charge is 0.416 e. The lowest BCUT2D eigenvalue weighted by Crippen LogP contribution is -2.24. The fraction of sp³-hybridized carbons (Fsp3) is 0.154. The Hall–Kier alpha value is -4.27. The summed E-state index contributed by atoms with van der Waals surface area (Å²) in [5.41, 5.74) is 7.55. The van der Waals surface area contributed by atoms with Gasteiger partial charge in [0.15, 0.2) is 0 Å². The molecule has 1 amide bonds. The van der Waals surface area contributed by atoms with Gasteiger partial charge in [-0.05, 0) is 42.0 Å². The van der Waals surface area contributed by atoms with Gasteiger partial charge in [0.25, 0.3) is 0 Å². The first-order valence-corrected chi connectivity index (χ1v) is 10.8. The number of nitrogens with one attached hydrogen (secondary N) is 1. The molecule has 1 unspecified atom stereocenters. The summed E-state index contributed by atoms with van der Waals surface area (Å²) in [6.45, 7) is 0.432. The molecule has 1 aromatic carbocycles. The van der Waals surface area contributed by atoms with Crippen LogP contribution in [0.1, 0.15) is 28.3 Å². The van der Waals surface area contributed by atoms with Crippen molar-refractivity contribution in [1.29, 1.82) is 0 Å². The van der Waals surface area contributed by atoms with E-state index in [1.807, 2.05) is 18.2 Å². The van der Waals surface area contributed by atoms with Crippen molar-refractivity contribution in [2.24, 2.45) is 5.73 Å². The number of nitrogens with zero attached hydrogens (tertiary/aromatic N) is 3. The van der Waals surface area contributed by atoms with Gasteiger partial charge in [-0.15, -0.1) is 0 Å². The van der Waals surface area contributed by atoms with Gasteiger partial charge in [-0.3, -0.25) is 14.8 Å². The smallest absolute Gasteiger partial charge is 0.369 e.